The average Bonchev–Trinajstić information content (AvgIpc) is 2.33. The largest absolute Gasteiger partial charge is 0.474 e. The molecule has 2 aliphatic heterocycles. The van der Waals surface area contributed by atoms with Gasteiger partial charge in [0.25, 0.3) is 0 Å². The van der Waals surface area contributed by atoms with Gasteiger partial charge in [0.2, 0.25) is 5.88 Å². The Balaban J connectivity index is 2.28. The number of hydrogen-bond donors (Lipinski definition) is 2. The summed E-state index contributed by atoms with van der Waals surface area (Å²) in [5, 5.41) is 0. The van der Waals surface area contributed by atoms with Crippen LogP contribution < -0.4 is 10.9 Å². The highest BCUT2D eigenvalue weighted by atomic mass is 16.5. The predicted octanol–water partition coefficient (Wildman–Crippen LogP) is -0.108. The van der Waals surface area contributed by atoms with Crippen molar-refractivity contribution in [3.8, 4) is 0 Å². The van der Waals surface area contributed by atoms with Crippen LogP contribution in [-0.2, 0) is 4.74 Å². The Labute approximate surface area is 53.4 Å². The van der Waals surface area contributed by atoms with Crippen molar-refractivity contribution in [3.05, 3.63) is 23.6 Å². The van der Waals surface area contributed by atoms with Gasteiger partial charge in [-0.15, -0.1) is 0 Å². The first-order valence-electron chi connectivity index (χ1n) is 2.98. The molecule has 0 aromatic heterocycles. The Kier molecular flexibility index (Phi) is 0.960. The van der Waals surface area contributed by atoms with Crippen LogP contribution in [0.4, 0.5) is 0 Å². The minimum atomic E-state index is 0.688. The van der Waals surface area contributed by atoms with Crippen molar-refractivity contribution < 1.29 is 4.74 Å². The Morgan fingerprint density at radius 1 is 1.56 bits per heavy atom. The average molecular weight is 124 g/mol. The molecule has 0 aromatic rings. The van der Waals surface area contributed by atoms with Crippen molar-refractivity contribution in [2.24, 2.45) is 0 Å². The quantitative estimate of drug-likeness (QED) is 0.473. The van der Waals surface area contributed by atoms with E-state index in [-0.39, 0.29) is 0 Å². The van der Waals surface area contributed by atoms with Crippen molar-refractivity contribution in [2.45, 2.75) is 0 Å². The van der Waals surface area contributed by atoms with Crippen LogP contribution in [0.3, 0.4) is 0 Å². The van der Waals surface area contributed by atoms with Crippen molar-refractivity contribution >= 4 is 0 Å². The summed E-state index contributed by atoms with van der Waals surface area (Å²) in [7, 11) is 0. The minimum Gasteiger partial charge on any atom is -0.474 e. The molecule has 9 heavy (non-hydrogen) atoms. The Morgan fingerprint density at radius 2 is 2.56 bits per heavy atom. The molecule has 0 radical (unpaired) electrons. The highest BCUT2D eigenvalue weighted by Gasteiger charge is 2.13. The molecule has 0 saturated heterocycles. The molecule has 0 amide bonds. The van der Waals surface area contributed by atoms with Gasteiger partial charge in [-0.2, -0.15) is 0 Å². The fraction of sp³-hybridized carbons (Fsp3) is 0.333. The number of nitrogens with one attached hydrogen (secondary N) is 2. The summed E-state index contributed by atoms with van der Waals surface area (Å²) in [6.45, 7) is 1.55. The zero-order valence-electron chi connectivity index (χ0n) is 4.98. The molecule has 2 N–H and O–H groups in total. The highest BCUT2D eigenvalue weighted by Crippen LogP contribution is 2.12. The second-order valence-electron chi connectivity index (χ2n) is 2.05. The lowest BCUT2D eigenvalue weighted by Crippen LogP contribution is -2.24. The summed E-state index contributed by atoms with van der Waals surface area (Å²) < 4.78 is 5.22. The van der Waals surface area contributed by atoms with Crippen LogP contribution in [0.2, 0.25) is 0 Å². The first kappa shape index (κ1) is 4.88. The molecule has 48 valence electrons. The van der Waals surface area contributed by atoms with E-state index in [2.05, 4.69) is 16.9 Å². The minimum absolute atomic E-state index is 0.688. The van der Waals surface area contributed by atoms with Gasteiger partial charge in [-0.05, 0) is 6.08 Å². The van der Waals surface area contributed by atoms with Crippen LogP contribution in [0.5, 0.6) is 0 Å². The third-order valence-electron chi connectivity index (χ3n) is 1.42. The number of hydrazine groups is 1. The van der Waals surface area contributed by atoms with Gasteiger partial charge < -0.3 is 4.74 Å². The Bertz CT molecular complexity index is 183. The molecule has 2 aliphatic rings. The molecule has 3 heteroatoms. The van der Waals surface area contributed by atoms with Crippen molar-refractivity contribution in [1.29, 1.82) is 0 Å². The fourth-order valence-corrected chi connectivity index (χ4v) is 0.965. The van der Waals surface area contributed by atoms with Gasteiger partial charge in [-0.3, -0.25) is 5.43 Å². The molecule has 0 aromatic carbocycles. The van der Waals surface area contributed by atoms with E-state index in [0.717, 1.165) is 12.4 Å². The lowest BCUT2D eigenvalue weighted by atomic mass is 10.2. The van der Waals surface area contributed by atoms with Gasteiger partial charge in [-0.25, -0.2) is 5.43 Å². The number of hydrogen-bond acceptors (Lipinski definition) is 3. The summed E-state index contributed by atoms with van der Waals surface area (Å²) in [6.07, 6.45) is 4.08. The molecule has 0 aliphatic carbocycles. The first-order chi connectivity index (χ1) is 4.47. The first-order valence-corrected chi connectivity index (χ1v) is 2.98. The molecule has 0 saturated carbocycles. The standard InChI is InChI=1S/C6H8N2O/c1-2-5-4-7-8-6(5)9-3-1/h1-2,7-8H,3-4H2. The number of rotatable bonds is 0. The van der Waals surface area contributed by atoms with Crippen LogP contribution in [0.15, 0.2) is 23.6 Å². The molecule has 0 unspecified atom stereocenters. The van der Waals surface area contributed by atoms with E-state index in [9.17, 15) is 0 Å². The van der Waals surface area contributed by atoms with Crippen LogP contribution in [0.1, 0.15) is 0 Å². The molecule has 0 atom stereocenters. The van der Waals surface area contributed by atoms with Crippen molar-refractivity contribution in [2.75, 3.05) is 13.2 Å². The molecule has 0 bridgehead atoms. The van der Waals surface area contributed by atoms with E-state index in [1.807, 2.05) is 6.08 Å². The topological polar surface area (TPSA) is 33.3 Å². The molecular formula is C6H8N2O. The fourth-order valence-electron chi connectivity index (χ4n) is 0.965. The zero-order chi connectivity index (χ0) is 6.10. The smallest absolute Gasteiger partial charge is 0.206 e. The maximum absolute atomic E-state index is 5.22. The van der Waals surface area contributed by atoms with Crippen molar-refractivity contribution in [1.82, 2.24) is 10.9 Å². The van der Waals surface area contributed by atoms with Crippen molar-refractivity contribution in [3.63, 3.8) is 0 Å². The SMILES string of the molecule is C1=CC2=C(NNC2)OC1. The van der Waals surface area contributed by atoms with Crippen LogP contribution in [0.25, 0.3) is 0 Å². The van der Waals surface area contributed by atoms with E-state index in [1.165, 1.54) is 5.57 Å². The Morgan fingerprint density at radius 3 is 3.44 bits per heavy atom. The monoisotopic (exact) mass is 124 g/mol. The number of ether oxygens (including phenoxy) is 1. The lowest BCUT2D eigenvalue weighted by molar-refractivity contribution is 0.217. The molecule has 3 nitrogen and oxygen atoms in total. The highest BCUT2D eigenvalue weighted by molar-refractivity contribution is 5.28. The van der Waals surface area contributed by atoms with Crippen LogP contribution in [-0.4, -0.2) is 13.2 Å². The van der Waals surface area contributed by atoms with E-state index in [4.69, 9.17) is 4.74 Å². The Hall–Kier alpha value is -0.960. The summed E-state index contributed by atoms with van der Waals surface area (Å²) in [4.78, 5) is 0. The summed E-state index contributed by atoms with van der Waals surface area (Å²) in [5.41, 5.74) is 7.09. The lowest BCUT2D eigenvalue weighted by Gasteiger charge is -2.08. The normalized spacial score (nSPS) is 23.1. The maximum Gasteiger partial charge on any atom is 0.206 e. The molecular weight excluding hydrogens is 116 g/mol. The predicted molar refractivity (Wildman–Crippen MR) is 33.3 cm³/mol. The van der Waals surface area contributed by atoms with Crippen LogP contribution >= 0.6 is 0 Å². The third-order valence-corrected chi connectivity index (χ3v) is 1.42. The second kappa shape index (κ2) is 1.77. The maximum atomic E-state index is 5.22. The van der Waals surface area contributed by atoms with Gasteiger partial charge in [0.1, 0.15) is 6.61 Å². The van der Waals surface area contributed by atoms with Gasteiger partial charge >= 0.3 is 0 Å². The van der Waals surface area contributed by atoms with Gasteiger partial charge in [-0.1, -0.05) is 6.08 Å². The third kappa shape index (κ3) is 0.695. The molecule has 2 rings (SSSR count). The van der Waals surface area contributed by atoms with E-state index >= 15 is 0 Å². The van der Waals surface area contributed by atoms with E-state index in [1.54, 1.807) is 0 Å². The summed E-state index contributed by atoms with van der Waals surface area (Å²) in [5.74, 6) is 0.887. The van der Waals surface area contributed by atoms with Gasteiger partial charge in [0, 0.05) is 12.1 Å². The molecule has 2 heterocycles. The molecule has 0 spiro atoms. The van der Waals surface area contributed by atoms with E-state index in [0.29, 0.717) is 6.61 Å². The van der Waals surface area contributed by atoms with Gasteiger partial charge in [0.05, 0.1) is 0 Å². The zero-order valence-corrected chi connectivity index (χ0v) is 4.98. The molecule has 0 fully saturated rings. The summed E-state index contributed by atoms with van der Waals surface area (Å²) in [6, 6.07) is 0. The summed E-state index contributed by atoms with van der Waals surface area (Å²) >= 11 is 0. The van der Waals surface area contributed by atoms with Crippen LogP contribution in [0, 0.1) is 0 Å². The second-order valence-corrected chi connectivity index (χ2v) is 2.05. The van der Waals surface area contributed by atoms with E-state index < -0.39 is 0 Å². The van der Waals surface area contributed by atoms with Gasteiger partial charge in [0.15, 0.2) is 0 Å².